The molecule has 1 aliphatic rings. The largest absolute Gasteiger partial charge is 0.464 e. The number of carbonyl (C=O) groups excluding carboxylic acids is 2. The molecule has 1 unspecified atom stereocenters. The summed E-state index contributed by atoms with van der Waals surface area (Å²) in [5.41, 5.74) is -0.0837. The van der Waals surface area contributed by atoms with Crippen molar-refractivity contribution in [3.63, 3.8) is 0 Å². The van der Waals surface area contributed by atoms with Crippen LogP contribution < -0.4 is 0 Å². The number of rotatable bonds is 16. The highest BCUT2D eigenvalue weighted by Crippen LogP contribution is 2.21. The van der Waals surface area contributed by atoms with E-state index in [0.717, 1.165) is 19.3 Å². The van der Waals surface area contributed by atoms with Crippen molar-refractivity contribution in [1.82, 2.24) is 4.90 Å². The molecule has 1 rings (SSSR count). The Bertz CT molecular complexity index is 486. The average Bonchev–Trinajstić information content (AvgIpc) is 3.21. The molecule has 5 nitrogen and oxygen atoms in total. The Hall–Kier alpha value is -1.26. The molecular weight excluding hydrogens is 390 g/mol. The number of ether oxygens (including phenoxy) is 2. The van der Waals surface area contributed by atoms with E-state index in [4.69, 9.17) is 9.47 Å². The number of amides is 1. The molecule has 1 amide bonds. The first-order valence-corrected chi connectivity index (χ1v) is 12.9. The van der Waals surface area contributed by atoms with Gasteiger partial charge < -0.3 is 9.47 Å². The highest BCUT2D eigenvalue weighted by atomic mass is 16.6. The standard InChI is InChI=1S/C26H49NO4/c1-5-6-7-8-9-10-11-12-13-14-15-16-17-21-30-24(28)23-19-18-20-27(23)25(29)31-22-26(2,3)4/h23H,5-22H2,1-4H3. The van der Waals surface area contributed by atoms with Crippen LogP contribution >= 0.6 is 0 Å². The minimum atomic E-state index is -0.477. The Morgan fingerprint density at radius 1 is 0.806 bits per heavy atom. The Kier molecular flexibility index (Phi) is 14.7. The van der Waals surface area contributed by atoms with E-state index in [0.29, 0.717) is 26.2 Å². The molecule has 0 bridgehead atoms. The van der Waals surface area contributed by atoms with Crippen molar-refractivity contribution in [3.05, 3.63) is 0 Å². The highest BCUT2D eigenvalue weighted by molar-refractivity contribution is 5.82. The van der Waals surface area contributed by atoms with Crippen LogP contribution in [0.5, 0.6) is 0 Å². The second-order valence-electron chi connectivity index (χ2n) is 10.4. The summed E-state index contributed by atoms with van der Waals surface area (Å²) in [6.45, 7) is 9.70. The van der Waals surface area contributed by atoms with Crippen LogP contribution in [0.2, 0.25) is 0 Å². The Balaban J connectivity index is 2.02. The summed E-state index contributed by atoms with van der Waals surface area (Å²) >= 11 is 0. The molecule has 1 saturated heterocycles. The van der Waals surface area contributed by atoms with Gasteiger partial charge in [0.25, 0.3) is 0 Å². The third-order valence-corrected chi connectivity index (χ3v) is 5.88. The molecule has 1 heterocycles. The lowest BCUT2D eigenvalue weighted by atomic mass is 9.99. The topological polar surface area (TPSA) is 55.8 Å². The zero-order valence-corrected chi connectivity index (χ0v) is 20.9. The van der Waals surface area contributed by atoms with Gasteiger partial charge in [-0.05, 0) is 24.7 Å². The number of esters is 1. The van der Waals surface area contributed by atoms with E-state index in [2.05, 4.69) is 6.92 Å². The van der Waals surface area contributed by atoms with Gasteiger partial charge >= 0.3 is 12.1 Å². The van der Waals surface area contributed by atoms with E-state index in [1.165, 1.54) is 75.5 Å². The molecular formula is C26H49NO4. The minimum Gasteiger partial charge on any atom is -0.464 e. The molecule has 0 aliphatic carbocycles. The number of hydrogen-bond donors (Lipinski definition) is 0. The third-order valence-electron chi connectivity index (χ3n) is 5.88. The number of carbonyl (C=O) groups is 2. The zero-order valence-electron chi connectivity index (χ0n) is 20.9. The molecule has 0 aromatic carbocycles. The lowest BCUT2D eigenvalue weighted by molar-refractivity contribution is -0.148. The molecule has 0 saturated carbocycles. The lowest BCUT2D eigenvalue weighted by Gasteiger charge is -2.25. The molecule has 0 radical (unpaired) electrons. The third kappa shape index (κ3) is 13.7. The van der Waals surface area contributed by atoms with E-state index >= 15 is 0 Å². The van der Waals surface area contributed by atoms with Crippen molar-refractivity contribution in [2.75, 3.05) is 19.8 Å². The van der Waals surface area contributed by atoms with E-state index in [1.54, 1.807) is 0 Å². The first-order chi connectivity index (χ1) is 14.8. The van der Waals surface area contributed by atoms with Crippen LogP contribution in [-0.2, 0) is 14.3 Å². The van der Waals surface area contributed by atoms with Gasteiger partial charge in [0.15, 0.2) is 0 Å². The monoisotopic (exact) mass is 439 g/mol. The Labute approximate surface area is 191 Å². The van der Waals surface area contributed by atoms with Crippen molar-refractivity contribution >= 4 is 12.1 Å². The summed E-state index contributed by atoms with van der Waals surface area (Å²) < 4.78 is 10.8. The predicted octanol–water partition coefficient (Wildman–Crippen LogP) is 7.27. The lowest BCUT2D eigenvalue weighted by Crippen LogP contribution is -2.42. The summed E-state index contributed by atoms with van der Waals surface area (Å²) in [4.78, 5) is 26.3. The van der Waals surface area contributed by atoms with Crippen LogP contribution in [-0.4, -0.2) is 42.8 Å². The smallest absolute Gasteiger partial charge is 0.410 e. The molecule has 0 aromatic heterocycles. The quantitative estimate of drug-likeness (QED) is 0.187. The van der Waals surface area contributed by atoms with Gasteiger partial charge in [-0.3, -0.25) is 4.90 Å². The number of nitrogens with zero attached hydrogens (tertiary/aromatic N) is 1. The first kappa shape index (κ1) is 27.8. The van der Waals surface area contributed by atoms with Crippen molar-refractivity contribution in [1.29, 1.82) is 0 Å². The molecule has 0 N–H and O–H groups in total. The van der Waals surface area contributed by atoms with E-state index in [9.17, 15) is 9.59 Å². The summed E-state index contributed by atoms with van der Waals surface area (Å²) in [5, 5.41) is 0. The van der Waals surface area contributed by atoms with Crippen LogP contribution in [0.25, 0.3) is 0 Å². The summed E-state index contributed by atoms with van der Waals surface area (Å²) in [6.07, 6.45) is 18.0. The molecule has 31 heavy (non-hydrogen) atoms. The van der Waals surface area contributed by atoms with Crippen LogP contribution in [0.3, 0.4) is 0 Å². The van der Waals surface area contributed by atoms with Gasteiger partial charge in [0.2, 0.25) is 0 Å². The van der Waals surface area contributed by atoms with E-state index in [-0.39, 0.29) is 11.4 Å². The highest BCUT2D eigenvalue weighted by Gasteiger charge is 2.36. The maximum Gasteiger partial charge on any atom is 0.410 e. The van der Waals surface area contributed by atoms with Crippen molar-refractivity contribution in [2.45, 2.75) is 130 Å². The van der Waals surface area contributed by atoms with Crippen molar-refractivity contribution in [2.24, 2.45) is 5.41 Å². The van der Waals surface area contributed by atoms with Crippen LogP contribution in [0.15, 0.2) is 0 Å². The number of hydrogen-bond acceptors (Lipinski definition) is 4. The molecule has 0 aromatic rings. The second-order valence-corrected chi connectivity index (χ2v) is 10.4. The van der Waals surface area contributed by atoms with Gasteiger partial charge in [-0.15, -0.1) is 0 Å². The summed E-state index contributed by atoms with van der Waals surface area (Å²) in [5.74, 6) is -0.274. The summed E-state index contributed by atoms with van der Waals surface area (Å²) in [7, 11) is 0. The van der Waals surface area contributed by atoms with Gasteiger partial charge in [0, 0.05) is 6.54 Å². The molecule has 182 valence electrons. The van der Waals surface area contributed by atoms with Gasteiger partial charge in [-0.25, -0.2) is 9.59 Å². The average molecular weight is 440 g/mol. The van der Waals surface area contributed by atoms with Crippen molar-refractivity contribution < 1.29 is 19.1 Å². The van der Waals surface area contributed by atoms with Gasteiger partial charge in [0.1, 0.15) is 6.04 Å². The van der Waals surface area contributed by atoms with Crippen LogP contribution in [0.4, 0.5) is 4.79 Å². The first-order valence-electron chi connectivity index (χ1n) is 12.9. The Morgan fingerprint density at radius 2 is 1.32 bits per heavy atom. The van der Waals surface area contributed by atoms with Gasteiger partial charge in [-0.2, -0.15) is 0 Å². The number of unbranched alkanes of at least 4 members (excludes halogenated alkanes) is 12. The molecule has 5 heteroatoms. The van der Waals surface area contributed by atoms with Gasteiger partial charge in [-0.1, -0.05) is 105 Å². The maximum absolute atomic E-state index is 12.4. The van der Waals surface area contributed by atoms with Crippen LogP contribution in [0, 0.1) is 5.41 Å². The minimum absolute atomic E-state index is 0.0837. The molecule has 1 aliphatic heterocycles. The normalized spacial score (nSPS) is 16.5. The Morgan fingerprint density at radius 3 is 1.84 bits per heavy atom. The second kappa shape index (κ2) is 16.4. The van der Waals surface area contributed by atoms with Crippen molar-refractivity contribution in [3.8, 4) is 0 Å². The SMILES string of the molecule is CCCCCCCCCCCCCCCOC(=O)C1CCCN1C(=O)OCC(C)(C)C. The maximum atomic E-state index is 12.4. The summed E-state index contributed by atoms with van der Waals surface area (Å²) in [6, 6.07) is -0.477. The van der Waals surface area contributed by atoms with Crippen LogP contribution in [0.1, 0.15) is 124 Å². The predicted molar refractivity (Wildman–Crippen MR) is 127 cm³/mol. The van der Waals surface area contributed by atoms with E-state index in [1.807, 2.05) is 20.8 Å². The fourth-order valence-corrected chi connectivity index (χ4v) is 3.98. The fraction of sp³-hybridized carbons (Fsp3) is 0.923. The van der Waals surface area contributed by atoms with E-state index < -0.39 is 12.1 Å². The molecule has 1 fully saturated rings. The number of likely N-dealkylation sites (tertiary alicyclic amines) is 1. The zero-order chi connectivity index (χ0) is 23.0. The molecule has 1 atom stereocenters. The molecule has 0 spiro atoms. The fourth-order valence-electron chi connectivity index (χ4n) is 3.98. The van der Waals surface area contributed by atoms with Gasteiger partial charge in [0.05, 0.1) is 13.2 Å².